The highest BCUT2D eigenvalue weighted by Crippen LogP contribution is 2.49. The Morgan fingerprint density at radius 1 is 1.30 bits per heavy atom. The fourth-order valence-electron chi connectivity index (χ4n) is 3.03. The smallest absolute Gasteiger partial charge is 0.303 e. The summed E-state index contributed by atoms with van der Waals surface area (Å²) < 4.78 is 5.50. The molecule has 1 fully saturated rings. The number of hydrogen-bond donors (Lipinski definition) is 1. The number of carboxylic acids is 1. The molecular formula is C17H18O3. The average molecular weight is 270 g/mol. The molecule has 2 aromatic rings. The molecule has 2 aromatic carbocycles. The summed E-state index contributed by atoms with van der Waals surface area (Å²) in [5.41, 5.74) is 1.07. The molecule has 0 amide bonds. The highest BCUT2D eigenvalue weighted by Gasteiger charge is 2.36. The lowest BCUT2D eigenvalue weighted by atomic mass is 9.86. The van der Waals surface area contributed by atoms with Crippen LogP contribution < -0.4 is 4.74 Å². The molecule has 0 bridgehead atoms. The maximum Gasteiger partial charge on any atom is 0.303 e. The van der Waals surface area contributed by atoms with Crippen LogP contribution in [0.3, 0.4) is 0 Å². The summed E-state index contributed by atoms with van der Waals surface area (Å²) in [6.45, 7) is 0. The fraction of sp³-hybridized carbons (Fsp3) is 0.353. The van der Waals surface area contributed by atoms with E-state index < -0.39 is 5.97 Å². The van der Waals surface area contributed by atoms with Crippen molar-refractivity contribution in [3.63, 3.8) is 0 Å². The van der Waals surface area contributed by atoms with Crippen LogP contribution >= 0.6 is 0 Å². The van der Waals surface area contributed by atoms with Gasteiger partial charge in [0.15, 0.2) is 0 Å². The Kier molecular flexibility index (Phi) is 3.35. The molecule has 0 aromatic heterocycles. The summed E-state index contributed by atoms with van der Waals surface area (Å²) in [5.74, 6) is 0.595. The van der Waals surface area contributed by atoms with Crippen molar-refractivity contribution in [2.24, 2.45) is 5.92 Å². The molecule has 0 aliphatic heterocycles. The van der Waals surface area contributed by atoms with Crippen LogP contribution in [-0.2, 0) is 4.79 Å². The Balaban J connectivity index is 2.17. The van der Waals surface area contributed by atoms with E-state index in [0.29, 0.717) is 5.92 Å². The maximum atomic E-state index is 11.2. The van der Waals surface area contributed by atoms with Gasteiger partial charge < -0.3 is 9.84 Å². The van der Waals surface area contributed by atoms with Crippen LogP contribution in [0.15, 0.2) is 36.4 Å². The van der Waals surface area contributed by atoms with Gasteiger partial charge in [-0.1, -0.05) is 30.3 Å². The minimum atomic E-state index is -0.739. The number of hydrogen-bond acceptors (Lipinski definition) is 2. The third-order valence-corrected chi connectivity index (χ3v) is 4.11. The number of rotatable bonds is 5. The molecule has 0 saturated heterocycles. The van der Waals surface area contributed by atoms with E-state index >= 15 is 0 Å². The van der Waals surface area contributed by atoms with Crippen molar-refractivity contribution in [1.29, 1.82) is 0 Å². The Bertz CT molecular complexity index is 644. The van der Waals surface area contributed by atoms with Crippen molar-refractivity contribution < 1.29 is 14.6 Å². The zero-order valence-corrected chi connectivity index (χ0v) is 11.5. The minimum Gasteiger partial charge on any atom is -0.496 e. The zero-order valence-electron chi connectivity index (χ0n) is 11.5. The van der Waals surface area contributed by atoms with Gasteiger partial charge in [0, 0.05) is 11.5 Å². The largest absolute Gasteiger partial charge is 0.496 e. The molecule has 1 atom stereocenters. The van der Waals surface area contributed by atoms with E-state index in [9.17, 15) is 9.90 Å². The van der Waals surface area contributed by atoms with E-state index in [4.69, 9.17) is 4.74 Å². The normalized spacial score (nSPS) is 16.1. The molecule has 3 heteroatoms. The first kappa shape index (κ1) is 13.0. The number of ether oxygens (including phenoxy) is 1. The fourth-order valence-corrected chi connectivity index (χ4v) is 3.03. The highest BCUT2D eigenvalue weighted by molar-refractivity contribution is 5.89. The van der Waals surface area contributed by atoms with Crippen LogP contribution in [0, 0.1) is 5.92 Å². The van der Waals surface area contributed by atoms with Gasteiger partial charge in [0.25, 0.3) is 0 Å². The van der Waals surface area contributed by atoms with E-state index in [2.05, 4.69) is 12.1 Å². The van der Waals surface area contributed by atoms with Gasteiger partial charge in [0.1, 0.15) is 5.75 Å². The molecule has 0 spiro atoms. The zero-order chi connectivity index (χ0) is 14.1. The Labute approximate surface area is 118 Å². The van der Waals surface area contributed by atoms with Crippen LogP contribution in [0.4, 0.5) is 0 Å². The van der Waals surface area contributed by atoms with E-state index in [1.54, 1.807) is 7.11 Å². The van der Waals surface area contributed by atoms with Crippen molar-refractivity contribution in [2.45, 2.75) is 25.2 Å². The van der Waals surface area contributed by atoms with Crippen LogP contribution in [0.5, 0.6) is 5.75 Å². The van der Waals surface area contributed by atoms with Crippen molar-refractivity contribution >= 4 is 16.7 Å². The minimum absolute atomic E-state index is 0.0496. The molecule has 104 valence electrons. The average Bonchev–Trinajstić information content (AvgIpc) is 3.28. The number of carbonyl (C=O) groups is 1. The predicted molar refractivity (Wildman–Crippen MR) is 78.2 cm³/mol. The maximum absolute atomic E-state index is 11.2. The summed E-state index contributed by atoms with van der Waals surface area (Å²) >= 11 is 0. The van der Waals surface area contributed by atoms with Gasteiger partial charge in [-0.05, 0) is 35.6 Å². The molecule has 20 heavy (non-hydrogen) atoms. The van der Waals surface area contributed by atoms with Crippen molar-refractivity contribution in [3.05, 3.63) is 42.0 Å². The molecule has 3 nitrogen and oxygen atoms in total. The molecule has 1 unspecified atom stereocenters. The number of benzene rings is 2. The molecule has 1 saturated carbocycles. The van der Waals surface area contributed by atoms with Crippen LogP contribution in [0.2, 0.25) is 0 Å². The third-order valence-electron chi connectivity index (χ3n) is 4.11. The monoisotopic (exact) mass is 270 g/mol. The van der Waals surface area contributed by atoms with E-state index in [1.807, 2.05) is 24.3 Å². The second kappa shape index (κ2) is 5.16. The molecule has 0 heterocycles. The summed E-state index contributed by atoms with van der Waals surface area (Å²) in [6.07, 6.45) is 2.41. The van der Waals surface area contributed by atoms with Crippen LogP contribution in [0.1, 0.15) is 30.7 Å². The number of methoxy groups -OCH3 is 1. The van der Waals surface area contributed by atoms with Gasteiger partial charge in [0.05, 0.1) is 13.5 Å². The van der Waals surface area contributed by atoms with Crippen LogP contribution in [0.25, 0.3) is 10.8 Å². The van der Waals surface area contributed by atoms with Gasteiger partial charge in [-0.3, -0.25) is 4.79 Å². The Hall–Kier alpha value is -2.03. The Morgan fingerprint density at radius 3 is 2.70 bits per heavy atom. The molecule has 1 aliphatic carbocycles. The van der Waals surface area contributed by atoms with Crippen LogP contribution in [-0.4, -0.2) is 18.2 Å². The first-order valence-electron chi connectivity index (χ1n) is 6.98. The standard InChI is InChI=1S/C17H18O3/c1-20-15-9-8-11-4-2-3-5-13(11)17(15)14(10-16(18)19)12-6-7-12/h2-5,8-9,12,14H,6-7,10H2,1H3,(H,18,19). The molecule has 1 aliphatic rings. The summed E-state index contributed by atoms with van der Waals surface area (Å²) in [5, 5.41) is 11.5. The molecular weight excluding hydrogens is 252 g/mol. The highest BCUT2D eigenvalue weighted by atomic mass is 16.5. The topological polar surface area (TPSA) is 46.5 Å². The van der Waals surface area contributed by atoms with E-state index in [-0.39, 0.29) is 12.3 Å². The first-order chi connectivity index (χ1) is 9.70. The lowest BCUT2D eigenvalue weighted by Gasteiger charge is -2.20. The van der Waals surface area contributed by atoms with Gasteiger partial charge in [0.2, 0.25) is 0 Å². The Morgan fingerprint density at radius 2 is 2.05 bits per heavy atom. The number of carboxylic acid groups (broad SMARTS) is 1. The second-order valence-electron chi connectivity index (χ2n) is 5.44. The predicted octanol–water partition coefficient (Wildman–Crippen LogP) is 3.82. The summed E-state index contributed by atoms with van der Waals surface area (Å²) in [7, 11) is 1.65. The lowest BCUT2D eigenvalue weighted by molar-refractivity contribution is -0.137. The van der Waals surface area contributed by atoms with Gasteiger partial charge in [-0.25, -0.2) is 0 Å². The molecule has 3 rings (SSSR count). The molecule has 1 N–H and O–H groups in total. The number of aliphatic carboxylic acids is 1. The van der Waals surface area contributed by atoms with Gasteiger partial charge >= 0.3 is 5.97 Å². The quantitative estimate of drug-likeness (QED) is 0.898. The van der Waals surface area contributed by atoms with Crippen molar-refractivity contribution in [1.82, 2.24) is 0 Å². The second-order valence-corrected chi connectivity index (χ2v) is 5.44. The van der Waals surface area contributed by atoms with Crippen molar-refractivity contribution in [2.75, 3.05) is 7.11 Å². The first-order valence-corrected chi connectivity index (χ1v) is 6.98. The SMILES string of the molecule is COc1ccc2ccccc2c1C(CC(=O)O)C1CC1. The summed E-state index contributed by atoms with van der Waals surface area (Å²) in [4.78, 5) is 11.2. The van der Waals surface area contributed by atoms with E-state index in [1.165, 1.54) is 0 Å². The van der Waals surface area contributed by atoms with Crippen molar-refractivity contribution in [3.8, 4) is 5.75 Å². The number of fused-ring (bicyclic) bond motifs is 1. The summed E-state index contributed by atoms with van der Waals surface area (Å²) in [6, 6.07) is 12.1. The lowest BCUT2D eigenvalue weighted by Crippen LogP contribution is -2.10. The van der Waals surface area contributed by atoms with Gasteiger partial charge in [-0.2, -0.15) is 0 Å². The van der Waals surface area contributed by atoms with Gasteiger partial charge in [-0.15, -0.1) is 0 Å². The van der Waals surface area contributed by atoms with E-state index in [0.717, 1.165) is 34.9 Å². The molecule has 0 radical (unpaired) electrons. The third kappa shape index (κ3) is 2.36.